The van der Waals surface area contributed by atoms with E-state index in [0.717, 1.165) is 12.8 Å². The molecule has 1 unspecified atom stereocenters. The van der Waals surface area contributed by atoms with Gasteiger partial charge in [0.2, 0.25) is 0 Å². The van der Waals surface area contributed by atoms with Crippen molar-refractivity contribution >= 4 is 5.78 Å². The van der Waals surface area contributed by atoms with Crippen molar-refractivity contribution in [2.45, 2.75) is 51.6 Å². The fourth-order valence-electron chi connectivity index (χ4n) is 2.86. The third kappa shape index (κ3) is 6.67. The SMILES string of the molecule is Cc1ccccccc(CCC(C)(O)/C=C/[C@H]2CCC(=O)C2)cc1. The average Bonchev–Trinajstić information content (AvgIpc) is 2.96. The third-order valence-electron chi connectivity index (χ3n) is 4.49. The van der Waals surface area contributed by atoms with Crippen molar-refractivity contribution in [1.82, 2.24) is 0 Å². The molecule has 2 heteroatoms. The van der Waals surface area contributed by atoms with Gasteiger partial charge in [0.25, 0.3) is 0 Å². The summed E-state index contributed by atoms with van der Waals surface area (Å²) in [7, 11) is 0. The Balaban J connectivity index is 2.00. The Morgan fingerprint density at radius 1 is 1.17 bits per heavy atom. The van der Waals surface area contributed by atoms with Gasteiger partial charge in [-0.1, -0.05) is 66.2 Å². The molecule has 1 aromatic carbocycles. The largest absolute Gasteiger partial charge is 0.386 e. The van der Waals surface area contributed by atoms with E-state index in [2.05, 4.69) is 31.2 Å². The zero-order valence-corrected chi connectivity index (χ0v) is 14.7. The van der Waals surface area contributed by atoms with Gasteiger partial charge in [-0.3, -0.25) is 4.79 Å². The van der Waals surface area contributed by atoms with E-state index < -0.39 is 5.60 Å². The van der Waals surface area contributed by atoms with Gasteiger partial charge in [0.05, 0.1) is 5.60 Å². The molecule has 2 rings (SSSR count). The van der Waals surface area contributed by atoms with Crippen molar-refractivity contribution in [2.75, 3.05) is 0 Å². The van der Waals surface area contributed by atoms with E-state index in [-0.39, 0.29) is 0 Å². The Kier molecular flexibility index (Phi) is 6.74. The lowest BCUT2D eigenvalue weighted by Crippen LogP contribution is -2.21. The maximum Gasteiger partial charge on any atom is 0.133 e. The van der Waals surface area contributed by atoms with Gasteiger partial charge in [-0.05, 0) is 44.6 Å². The minimum absolute atomic E-state index is 0.305. The highest BCUT2D eigenvalue weighted by Crippen LogP contribution is 2.25. The number of carbonyl (C=O) groups excluding carboxylic acids is 1. The molecular weight excluding hydrogens is 296 g/mol. The molecule has 0 saturated heterocycles. The van der Waals surface area contributed by atoms with Crippen molar-refractivity contribution in [2.24, 2.45) is 5.92 Å². The highest BCUT2D eigenvalue weighted by atomic mass is 16.3. The second-order valence-corrected chi connectivity index (χ2v) is 7.01. The second kappa shape index (κ2) is 8.79. The van der Waals surface area contributed by atoms with E-state index in [4.69, 9.17) is 0 Å². The fourth-order valence-corrected chi connectivity index (χ4v) is 2.86. The predicted octanol–water partition coefficient (Wildman–Crippen LogP) is 4.73. The zero-order valence-electron chi connectivity index (χ0n) is 14.7. The molecule has 24 heavy (non-hydrogen) atoms. The first kappa shape index (κ1) is 18.4. The Morgan fingerprint density at radius 3 is 2.62 bits per heavy atom. The molecule has 1 aliphatic rings. The van der Waals surface area contributed by atoms with Crippen LogP contribution in [0.15, 0.2) is 60.7 Å². The van der Waals surface area contributed by atoms with Gasteiger partial charge >= 0.3 is 0 Å². The highest BCUT2D eigenvalue weighted by molar-refractivity contribution is 5.80. The molecule has 128 valence electrons. The molecule has 2 nitrogen and oxygen atoms in total. The monoisotopic (exact) mass is 324 g/mol. The van der Waals surface area contributed by atoms with Crippen LogP contribution in [0.1, 0.15) is 43.7 Å². The molecule has 1 aliphatic carbocycles. The smallest absolute Gasteiger partial charge is 0.133 e. The quantitative estimate of drug-likeness (QED) is 0.795. The summed E-state index contributed by atoms with van der Waals surface area (Å²) >= 11 is 0. The maximum absolute atomic E-state index is 11.3. The lowest BCUT2D eigenvalue weighted by atomic mass is 9.94. The number of aliphatic hydroxyl groups is 1. The van der Waals surface area contributed by atoms with Gasteiger partial charge in [-0.25, -0.2) is 0 Å². The molecule has 2 atom stereocenters. The van der Waals surface area contributed by atoms with E-state index in [9.17, 15) is 9.90 Å². The lowest BCUT2D eigenvalue weighted by Gasteiger charge is -2.19. The molecule has 0 aliphatic heterocycles. The first-order valence-corrected chi connectivity index (χ1v) is 8.77. The van der Waals surface area contributed by atoms with Gasteiger partial charge in [0.1, 0.15) is 5.78 Å². The van der Waals surface area contributed by atoms with Crippen LogP contribution in [-0.4, -0.2) is 16.5 Å². The summed E-state index contributed by atoms with van der Waals surface area (Å²) in [6, 6.07) is 16.5. The number of allylic oxidation sites excluding steroid dienone is 1. The number of hydrogen-bond acceptors (Lipinski definition) is 2. The summed E-state index contributed by atoms with van der Waals surface area (Å²) in [5.41, 5.74) is 1.55. The molecule has 1 fully saturated rings. The van der Waals surface area contributed by atoms with E-state index in [1.165, 1.54) is 11.1 Å². The zero-order chi connectivity index (χ0) is 17.4. The summed E-state index contributed by atoms with van der Waals surface area (Å²) in [6.45, 7) is 3.92. The Morgan fingerprint density at radius 2 is 1.92 bits per heavy atom. The van der Waals surface area contributed by atoms with Crippen LogP contribution in [0.3, 0.4) is 0 Å². The van der Waals surface area contributed by atoms with Crippen LogP contribution >= 0.6 is 0 Å². The van der Waals surface area contributed by atoms with Crippen molar-refractivity contribution < 1.29 is 9.90 Å². The topological polar surface area (TPSA) is 37.3 Å². The highest BCUT2D eigenvalue weighted by Gasteiger charge is 2.22. The van der Waals surface area contributed by atoms with Crippen LogP contribution in [0.4, 0.5) is 0 Å². The van der Waals surface area contributed by atoms with Gasteiger partial charge in [0.15, 0.2) is 0 Å². The summed E-state index contributed by atoms with van der Waals surface area (Å²) in [5, 5.41) is 10.6. The summed E-state index contributed by atoms with van der Waals surface area (Å²) in [6.07, 6.45) is 7.60. The first-order valence-electron chi connectivity index (χ1n) is 8.77. The number of aryl methyl sites for hydroxylation is 2. The third-order valence-corrected chi connectivity index (χ3v) is 4.49. The van der Waals surface area contributed by atoms with Crippen molar-refractivity contribution in [3.8, 4) is 0 Å². The van der Waals surface area contributed by atoms with Crippen LogP contribution < -0.4 is 0 Å². The van der Waals surface area contributed by atoms with Gasteiger partial charge in [-0.15, -0.1) is 0 Å². The number of Topliss-reactive ketones (excluding diaryl/α,β-unsaturated/α-hetero) is 1. The lowest BCUT2D eigenvalue weighted by molar-refractivity contribution is -0.117. The number of hydrogen-bond donors (Lipinski definition) is 1. The van der Waals surface area contributed by atoms with Gasteiger partial charge in [0, 0.05) is 12.8 Å². The minimum atomic E-state index is -0.843. The first-order chi connectivity index (χ1) is 11.4. The molecule has 1 N–H and O–H groups in total. The summed E-state index contributed by atoms with van der Waals surface area (Å²) in [5.74, 6) is 0.643. The molecule has 0 bridgehead atoms. The van der Waals surface area contributed by atoms with Crippen molar-refractivity contribution in [1.29, 1.82) is 0 Å². The molecule has 0 aromatic heterocycles. The molecule has 0 spiro atoms. The minimum Gasteiger partial charge on any atom is -0.386 e. The van der Waals surface area contributed by atoms with Crippen LogP contribution in [0.25, 0.3) is 0 Å². The maximum atomic E-state index is 11.3. The molecule has 0 heterocycles. The molecule has 0 amide bonds. The van der Waals surface area contributed by atoms with Crippen molar-refractivity contribution in [3.05, 3.63) is 71.8 Å². The molecule has 0 radical (unpaired) electrons. The summed E-state index contributed by atoms with van der Waals surface area (Å²) in [4.78, 5) is 11.3. The van der Waals surface area contributed by atoms with Crippen LogP contribution in [0.5, 0.6) is 0 Å². The molecule has 1 aromatic rings. The van der Waals surface area contributed by atoms with E-state index in [1.807, 2.05) is 43.3 Å². The number of rotatable bonds is 5. The van der Waals surface area contributed by atoms with Gasteiger partial charge in [-0.2, -0.15) is 0 Å². The normalized spacial score (nSPS) is 20.0. The fraction of sp³-hybridized carbons (Fsp3) is 0.409. The van der Waals surface area contributed by atoms with E-state index in [1.54, 1.807) is 0 Å². The Labute approximate surface area is 145 Å². The Bertz CT molecular complexity index is 642. The van der Waals surface area contributed by atoms with E-state index in [0.29, 0.717) is 31.0 Å². The van der Waals surface area contributed by atoms with Crippen LogP contribution in [0, 0.1) is 12.8 Å². The van der Waals surface area contributed by atoms with Crippen LogP contribution in [-0.2, 0) is 11.2 Å². The van der Waals surface area contributed by atoms with Crippen molar-refractivity contribution in [3.63, 3.8) is 0 Å². The van der Waals surface area contributed by atoms with Crippen LogP contribution in [0.2, 0.25) is 0 Å². The average molecular weight is 324 g/mol. The number of carbonyl (C=O) groups is 1. The number of ketones is 1. The predicted molar refractivity (Wildman–Crippen MR) is 99.2 cm³/mol. The second-order valence-electron chi connectivity index (χ2n) is 7.01. The molecular formula is C22H28O2. The standard InChI is InChI=1S/C22H28O2/c1-18-7-5-3-4-6-8-19(10-9-18)13-15-22(2,24)16-14-20-11-12-21(23)17-20/h3-10,14,16,20,24H,11-13,15,17H2,1-2H3/b4-3?,5-3?,6-4?,7-5?,8-6?,10-9?,16-14+,18-7?,18-9?,19-8?,19-10?/t20-,22?/m1/s1. The molecule has 1 saturated carbocycles. The van der Waals surface area contributed by atoms with Gasteiger partial charge < -0.3 is 5.11 Å². The Hall–Kier alpha value is -1.93. The summed E-state index contributed by atoms with van der Waals surface area (Å²) < 4.78 is 0. The van der Waals surface area contributed by atoms with E-state index >= 15 is 0 Å².